The van der Waals surface area contributed by atoms with Gasteiger partial charge in [-0.2, -0.15) is 0 Å². The van der Waals surface area contributed by atoms with Crippen LogP contribution >= 0.6 is 0 Å². The molecule has 3 nitrogen and oxygen atoms in total. The van der Waals surface area contributed by atoms with Gasteiger partial charge in [0.2, 0.25) is 0 Å². The highest BCUT2D eigenvalue weighted by Crippen LogP contribution is 2.64. The number of hydrogen-bond donors (Lipinski definition) is 1. The summed E-state index contributed by atoms with van der Waals surface area (Å²) in [4.78, 5) is 24.9. The molecule has 0 aromatic carbocycles. The SMILES string of the molecule is C[C@]12CCC[C@@H]1[C@@H]1[C@H](O)C[C@H]3CC(=O)CC[C@]3(C)[C@H]1C(=O)C2. The summed E-state index contributed by atoms with van der Waals surface area (Å²) in [6, 6.07) is 0. The zero-order valence-electron chi connectivity index (χ0n) is 13.8. The van der Waals surface area contributed by atoms with Gasteiger partial charge < -0.3 is 5.11 Å². The van der Waals surface area contributed by atoms with E-state index >= 15 is 0 Å². The summed E-state index contributed by atoms with van der Waals surface area (Å²) in [6.45, 7) is 4.51. The number of carbonyl (C=O) groups is 2. The summed E-state index contributed by atoms with van der Waals surface area (Å²) in [5.74, 6) is 1.54. The first kappa shape index (κ1) is 14.9. The van der Waals surface area contributed by atoms with Crippen molar-refractivity contribution in [1.82, 2.24) is 0 Å². The lowest BCUT2D eigenvalue weighted by Gasteiger charge is -2.60. The van der Waals surface area contributed by atoms with E-state index in [1.165, 1.54) is 12.8 Å². The van der Waals surface area contributed by atoms with Crippen molar-refractivity contribution in [3.05, 3.63) is 0 Å². The van der Waals surface area contributed by atoms with E-state index in [1.807, 2.05) is 0 Å². The van der Waals surface area contributed by atoms with E-state index in [2.05, 4.69) is 13.8 Å². The fourth-order valence-corrected chi connectivity index (χ4v) is 6.82. The second kappa shape index (κ2) is 4.66. The van der Waals surface area contributed by atoms with Crippen molar-refractivity contribution in [2.75, 3.05) is 0 Å². The molecule has 0 aliphatic heterocycles. The van der Waals surface area contributed by atoms with Crippen LogP contribution in [-0.4, -0.2) is 22.8 Å². The lowest BCUT2D eigenvalue weighted by Crippen LogP contribution is -2.60. The molecule has 1 N–H and O–H groups in total. The molecule has 22 heavy (non-hydrogen) atoms. The maximum Gasteiger partial charge on any atom is 0.137 e. The van der Waals surface area contributed by atoms with Crippen LogP contribution in [0.3, 0.4) is 0 Å². The normalized spacial score (nSPS) is 54.6. The smallest absolute Gasteiger partial charge is 0.137 e. The first-order valence-electron chi connectivity index (χ1n) is 9.08. The molecule has 4 aliphatic carbocycles. The van der Waals surface area contributed by atoms with E-state index in [9.17, 15) is 14.7 Å². The highest BCUT2D eigenvalue weighted by Gasteiger charge is 2.63. The van der Waals surface area contributed by atoms with Crippen LogP contribution in [0.5, 0.6) is 0 Å². The zero-order chi connectivity index (χ0) is 15.7. The van der Waals surface area contributed by atoms with E-state index < -0.39 is 0 Å². The lowest BCUT2D eigenvalue weighted by atomic mass is 9.44. The van der Waals surface area contributed by atoms with Crippen molar-refractivity contribution in [3.63, 3.8) is 0 Å². The topological polar surface area (TPSA) is 54.4 Å². The highest BCUT2D eigenvalue weighted by molar-refractivity contribution is 5.85. The number of ketones is 2. The molecular weight excluding hydrogens is 276 g/mol. The fraction of sp³-hybridized carbons (Fsp3) is 0.895. The van der Waals surface area contributed by atoms with Crippen molar-refractivity contribution in [3.8, 4) is 0 Å². The number of fused-ring (bicyclic) bond motifs is 5. The summed E-state index contributed by atoms with van der Waals surface area (Å²) in [7, 11) is 0. The van der Waals surface area contributed by atoms with Crippen LogP contribution in [0.15, 0.2) is 0 Å². The number of aliphatic hydroxyl groups excluding tert-OH is 1. The van der Waals surface area contributed by atoms with Crippen molar-refractivity contribution < 1.29 is 14.7 Å². The molecule has 4 aliphatic rings. The van der Waals surface area contributed by atoms with Crippen LogP contribution in [0.1, 0.15) is 65.2 Å². The number of rotatable bonds is 0. The van der Waals surface area contributed by atoms with Gasteiger partial charge in [0.05, 0.1) is 6.10 Å². The van der Waals surface area contributed by atoms with Gasteiger partial charge in [0.1, 0.15) is 11.6 Å². The summed E-state index contributed by atoms with van der Waals surface area (Å²) in [5.41, 5.74) is 0.0612. The largest absolute Gasteiger partial charge is 0.393 e. The molecule has 4 rings (SSSR count). The molecule has 122 valence electrons. The molecule has 0 unspecified atom stereocenters. The maximum atomic E-state index is 13.1. The molecule has 0 radical (unpaired) electrons. The third kappa shape index (κ3) is 1.84. The minimum absolute atomic E-state index is 0.00877. The molecule has 0 aromatic rings. The fourth-order valence-electron chi connectivity index (χ4n) is 6.82. The van der Waals surface area contributed by atoms with E-state index in [1.54, 1.807) is 0 Å². The number of Topliss-reactive ketones (excluding diaryl/α,β-unsaturated/α-hetero) is 2. The molecule has 0 bridgehead atoms. The molecule has 0 spiro atoms. The van der Waals surface area contributed by atoms with Crippen LogP contribution < -0.4 is 0 Å². The molecule has 0 saturated heterocycles. The second-order valence-electron chi connectivity index (χ2n) is 9.10. The zero-order valence-corrected chi connectivity index (χ0v) is 13.8. The van der Waals surface area contributed by atoms with Gasteiger partial charge in [-0.25, -0.2) is 0 Å². The molecule has 7 atom stereocenters. The average Bonchev–Trinajstić information content (AvgIpc) is 2.81. The van der Waals surface area contributed by atoms with Crippen LogP contribution in [0.25, 0.3) is 0 Å². The van der Waals surface area contributed by atoms with Gasteiger partial charge in [-0.1, -0.05) is 20.3 Å². The van der Waals surface area contributed by atoms with Gasteiger partial charge in [-0.15, -0.1) is 0 Å². The minimum atomic E-state index is -0.388. The van der Waals surface area contributed by atoms with E-state index in [-0.39, 0.29) is 34.7 Å². The first-order valence-corrected chi connectivity index (χ1v) is 9.08. The van der Waals surface area contributed by atoms with Crippen LogP contribution in [-0.2, 0) is 9.59 Å². The predicted octanol–water partition coefficient (Wildman–Crippen LogP) is 3.14. The Morgan fingerprint density at radius 2 is 1.95 bits per heavy atom. The Balaban J connectivity index is 1.75. The quantitative estimate of drug-likeness (QED) is 0.748. The summed E-state index contributed by atoms with van der Waals surface area (Å²) in [5, 5.41) is 10.9. The number of aliphatic hydroxyl groups is 1. The summed E-state index contributed by atoms with van der Waals surface area (Å²) in [6.07, 6.45) is 6.58. The highest BCUT2D eigenvalue weighted by atomic mass is 16.3. The van der Waals surface area contributed by atoms with E-state index in [0.717, 1.165) is 19.3 Å². The number of carbonyl (C=O) groups excluding carboxylic acids is 2. The van der Waals surface area contributed by atoms with Crippen LogP contribution in [0, 0.1) is 34.5 Å². The molecule has 0 aromatic heterocycles. The Bertz CT molecular complexity index is 527. The van der Waals surface area contributed by atoms with Crippen molar-refractivity contribution in [1.29, 1.82) is 0 Å². The molecule has 4 fully saturated rings. The van der Waals surface area contributed by atoms with Gasteiger partial charge in [0.15, 0.2) is 0 Å². The van der Waals surface area contributed by atoms with E-state index in [0.29, 0.717) is 36.7 Å². The third-order valence-corrected chi connectivity index (χ3v) is 7.96. The van der Waals surface area contributed by atoms with Crippen LogP contribution in [0.2, 0.25) is 0 Å². The van der Waals surface area contributed by atoms with Gasteiger partial charge in [0, 0.05) is 25.2 Å². The summed E-state index contributed by atoms with van der Waals surface area (Å²) < 4.78 is 0. The molecule has 3 heteroatoms. The molecule has 4 saturated carbocycles. The molecular formula is C19H28O3. The Hall–Kier alpha value is -0.700. The Kier molecular flexibility index (Phi) is 3.15. The minimum Gasteiger partial charge on any atom is -0.393 e. The van der Waals surface area contributed by atoms with Gasteiger partial charge in [-0.3, -0.25) is 9.59 Å². The number of hydrogen-bond acceptors (Lipinski definition) is 3. The second-order valence-corrected chi connectivity index (χ2v) is 9.10. The van der Waals surface area contributed by atoms with Gasteiger partial charge in [0.25, 0.3) is 0 Å². The monoisotopic (exact) mass is 304 g/mol. The standard InChI is InChI=1S/C19H28O3/c1-18-6-3-4-13(18)16-14(21)9-11-8-12(20)5-7-19(11,2)17(16)15(22)10-18/h11,13-14,16-17,21H,3-10H2,1-2H3/t11-,13-,14-,16-,17+,18-,19+/m1/s1. The lowest BCUT2D eigenvalue weighted by molar-refractivity contribution is -0.176. The van der Waals surface area contributed by atoms with Gasteiger partial charge >= 0.3 is 0 Å². The summed E-state index contributed by atoms with van der Waals surface area (Å²) >= 11 is 0. The van der Waals surface area contributed by atoms with Crippen LogP contribution in [0.4, 0.5) is 0 Å². The Morgan fingerprint density at radius 3 is 2.73 bits per heavy atom. The average molecular weight is 304 g/mol. The molecule has 0 heterocycles. The van der Waals surface area contributed by atoms with Crippen molar-refractivity contribution >= 4 is 11.6 Å². The Labute approximate surface area is 132 Å². The third-order valence-electron chi connectivity index (χ3n) is 7.96. The van der Waals surface area contributed by atoms with Gasteiger partial charge in [-0.05, 0) is 54.3 Å². The Morgan fingerprint density at radius 1 is 1.18 bits per heavy atom. The predicted molar refractivity (Wildman–Crippen MR) is 83.1 cm³/mol. The maximum absolute atomic E-state index is 13.1. The molecule has 0 amide bonds. The van der Waals surface area contributed by atoms with Crippen molar-refractivity contribution in [2.45, 2.75) is 71.3 Å². The first-order chi connectivity index (χ1) is 10.3. The van der Waals surface area contributed by atoms with E-state index in [4.69, 9.17) is 0 Å². The van der Waals surface area contributed by atoms with Crippen molar-refractivity contribution in [2.24, 2.45) is 34.5 Å².